The molecular weight excluding hydrogens is 187 g/mol. The Morgan fingerprint density at radius 3 is 3.00 bits per heavy atom. The highest BCUT2D eigenvalue weighted by Gasteiger charge is 2.24. The topological polar surface area (TPSA) is 55.2 Å². The van der Waals surface area contributed by atoms with Gasteiger partial charge in [0.05, 0.1) is 4.92 Å². The number of benzene rings is 1. The third kappa shape index (κ3) is 1.35. The summed E-state index contributed by atoms with van der Waals surface area (Å²) in [6.07, 6.45) is 0.517. The van der Waals surface area contributed by atoms with E-state index in [9.17, 15) is 14.5 Å². The van der Waals surface area contributed by atoms with Crippen molar-refractivity contribution in [3.05, 3.63) is 39.2 Å². The standard InChI is InChI=1S/C9H9FN2O2/c10-8-2-1-6-5-11-4-3-7(6)9(8)12(13)14/h1-2,11H,3-5H2. The van der Waals surface area contributed by atoms with Gasteiger partial charge in [0.1, 0.15) is 0 Å². The summed E-state index contributed by atoms with van der Waals surface area (Å²) in [7, 11) is 0. The van der Waals surface area contributed by atoms with Gasteiger partial charge >= 0.3 is 5.69 Å². The summed E-state index contributed by atoms with van der Waals surface area (Å²) in [6.45, 7) is 1.24. The summed E-state index contributed by atoms with van der Waals surface area (Å²) in [6, 6.07) is 2.76. The zero-order chi connectivity index (χ0) is 10.1. The van der Waals surface area contributed by atoms with Crippen LogP contribution in [-0.4, -0.2) is 11.5 Å². The van der Waals surface area contributed by atoms with Gasteiger partial charge in [-0.25, -0.2) is 0 Å². The number of nitro benzene ring substituents is 1. The fourth-order valence-electron chi connectivity index (χ4n) is 1.73. The maximum absolute atomic E-state index is 13.2. The summed E-state index contributed by atoms with van der Waals surface area (Å²) in [4.78, 5) is 10.00. The lowest BCUT2D eigenvalue weighted by Gasteiger charge is -2.16. The largest absolute Gasteiger partial charge is 0.312 e. The molecule has 0 unspecified atom stereocenters. The average Bonchev–Trinajstić information content (AvgIpc) is 2.17. The van der Waals surface area contributed by atoms with E-state index in [0.717, 1.165) is 11.6 Å². The Labute approximate surface area is 79.9 Å². The third-order valence-corrected chi connectivity index (χ3v) is 2.38. The number of rotatable bonds is 1. The van der Waals surface area contributed by atoms with Crippen LogP contribution in [0, 0.1) is 15.9 Å². The fraction of sp³-hybridized carbons (Fsp3) is 0.333. The van der Waals surface area contributed by atoms with E-state index in [1.807, 2.05) is 0 Å². The van der Waals surface area contributed by atoms with E-state index in [2.05, 4.69) is 5.32 Å². The number of halogens is 1. The first-order chi connectivity index (χ1) is 6.70. The van der Waals surface area contributed by atoms with Gasteiger partial charge in [-0.2, -0.15) is 4.39 Å². The van der Waals surface area contributed by atoms with Crippen LogP contribution in [0.2, 0.25) is 0 Å². The SMILES string of the molecule is O=[N+]([O-])c1c(F)ccc2c1CCNC2. The van der Waals surface area contributed by atoms with E-state index in [1.54, 1.807) is 6.07 Å². The third-order valence-electron chi connectivity index (χ3n) is 2.38. The molecule has 0 atom stereocenters. The van der Waals surface area contributed by atoms with Crippen LogP contribution in [0.25, 0.3) is 0 Å². The zero-order valence-electron chi connectivity index (χ0n) is 7.42. The highest BCUT2D eigenvalue weighted by Crippen LogP contribution is 2.27. The normalized spacial score (nSPS) is 14.9. The van der Waals surface area contributed by atoms with E-state index in [-0.39, 0.29) is 5.69 Å². The second-order valence-corrected chi connectivity index (χ2v) is 3.22. The molecule has 0 radical (unpaired) electrons. The van der Waals surface area contributed by atoms with Crippen LogP contribution in [0.15, 0.2) is 12.1 Å². The van der Waals surface area contributed by atoms with Gasteiger partial charge < -0.3 is 5.32 Å². The van der Waals surface area contributed by atoms with Gasteiger partial charge in [0.25, 0.3) is 0 Å². The smallest absolute Gasteiger partial charge is 0.308 e. The number of hydrogen-bond donors (Lipinski definition) is 1. The Kier molecular flexibility index (Phi) is 2.17. The molecule has 0 bridgehead atoms. The minimum atomic E-state index is -0.740. The van der Waals surface area contributed by atoms with Crippen LogP contribution in [-0.2, 0) is 13.0 Å². The fourth-order valence-corrected chi connectivity index (χ4v) is 1.73. The van der Waals surface area contributed by atoms with Gasteiger partial charge in [0.15, 0.2) is 0 Å². The molecule has 14 heavy (non-hydrogen) atoms. The lowest BCUT2D eigenvalue weighted by molar-refractivity contribution is -0.388. The van der Waals surface area contributed by atoms with Crippen molar-refractivity contribution in [1.29, 1.82) is 0 Å². The number of nitrogens with zero attached hydrogens (tertiary/aromatic N) is 1. The predicted octanol–water partition coefficient (Wildman–Crippen LogP) is 1.38. The minimum absolute atomic E-state index is 0.357. The van der Waals surface area contributed by atoms with Crippen LogP contribution >= 0.6 is 0 Å². The molecule has 2 rings (SSSR count). The van der Waals surface area contributed by atoms with Crippen molar-refractivity contribution < 1.29 is 9.31 Å². The molecule has 0 aromatic heterocycles. The first kappa shape index (κ1) is 9.08. The van der Waals surface area contributed by atoms with Crippen LogP contribution < -0.4 is 5.32 Å². The summed E-state index contributed by atoms with van der Waals surface area (Å²) in [5, 5.41) is 13.7. The van der Waals surface area contributed by atoms with Crippen LogP contribution in [0.3, 0.4) is 0 Å². The number of hydrogen-bond acceptors (Lipinski definition) is 3. The summed E-state index contributed by atoms with van der Waals surface area (Å²) >= 11 is 0. The average molecular weight is 196 g/mol. The van der Waals surface area contributed by atoms with E-state index in [4.69, 9.17) is 0 Å². The molecule has 0 amide bonds. The lowest BCUT2D eigenvalue weighted by atomic mass is 9.99. The predicted molar refractivity (Wildman–Crippen MR) is 48.5 cm³/mol. The Morgan fingerprint density at radius 1 is 1.50 bits per heavy atom. The Bertz CT molecular complexity index is 393. The van der Waals surface area contributed by atoms with E-state index in [1.165, 1.54) is 0 Å². The molecule has 0 spiro atoms. The zero-order valence-corrected chi connectivity index (χ0v) is 7.42. The van der Waals surface area contributed by atoms with Crippen LogP contribution in [0.4, 0.5) is 10.1 Å². The highest BCUT2D eigenvalue weighted by atomic mass is 19.1. The second-order valence-electron chi connectivity index (χ2n) is 3.22. The molecule has 0 aliphatic carbocycles. The molecule has 0 fully saturated rings. The van der Waals surface area contributed by atoms with E-state index < -0.39 is 10.7 Å². The van der Waals surface area contributed by atoms with Crippen LogP contribution in [0.5, 0.6) is 0 Å². The molecule has 1 aliphatic heterocycles. The quantitative estimate of drug-likeness (QED) is 0.545. The molecular formula is C9H9FN2O2. The van der Waals surface area contributed by atoms with Crippen molar-refractivity contribution in [2.24, 2.45) is 0 Å². The lowest BCUT2D eigenvalue weighted by Crippen LogP contribution is -2.24. The monoisotopic (exact) mass is 196 g/mol. The molecule has 74 valence electrons. The molecule has 4 nitrogen and oxygen atoms in total. The Morgan fingerprint density at radius 2 is 2.29 bits per heavy atom. The van der Waals surface area contributed by atoms with Crippen LogP contribution in [0.1, 0.15) is 11.1 Å². The highest BCUT2D eigenvalue weighted by molar-refractivity contribution is 5.47. The van der Waals surface area contributed by atoms with E-state index in [0.29, 0.717) is 25.1 Å². The molecule has 0 saturated heterocycles. The first-order valence-electron chi connectivity index (χ1n) is 4.35. The molecule has 1 heterocycles. The van der Waals surface area contributed by atoms with Gasteiger partial charge in [-0.1, -0.05) is 6.07 Å². The molecule has 0 saturated carbocycles. The Balaban J connectivity index is 2.60. The summed E-state index contributed by atoms with van der Waals surface area (Å²) in [5.74, 6) is -0.740. The van der Waals surface area contributed by atoms with Gasteiger partial charge in [-0.05, 0) is 24.6 Å². The molecule has 5 heteroatoms. The minimum Gasteiger partial charge on any atom is -0.312 e. The second kappa shape index (κ2) is 3.34. The van der Waals surface area contributed by atoms with Crippen molar-refractivity contribution in [3.63, 3.8) is 0 Å². The van der Waals surface area contributed by atoms with Crippen molar-refractivity contribution >= 4 is 5.69 Å². The van der Waals surface area contributed by atoms with Crippen molar-refractivity contribution in [2.75, 3.05) is 6.54 Å². The number of fused-ring (bicyclic) bond motifs is 1. The first-order valence-corrected chi connectivity index (χ1v) is 4.35. The number of nitrogens with one attached hydrogen (secondary N) is 1. The van der Waals surface area contributed by atoms with Crippen molar-refractivity contribution in [2.45, 2.75) is 13.0 Å². The van der Waals surface area contributed by atoms with E-state index >= 15 is 0 Å². The summed E-state index contributed by atoms with van der Waals surface area (Å²) in [5.41, 5.74) is 1.00. The molecule has 1 aromatic rings. The van der Waals surface area contributed by atoms with Gasteiger partial charge in [0, 0.05) is 12.1 Å². The van der Waals surface area contributed by atoms with Crippen molar-refractivity contribution in [3.8, 4) is 0 Å². The number of nitro groups is 1. The van der Waals surface area contributed by atoms with Gasteiger partial charge in [-0.3, -0.25) is 10.1 Å². The van der Waals surface area contributed by atoms with Crippen molar-refractivity contribution in [1.82, 2.24) is 5.32 Å². The summed E-state index contributed by atoms with van der Waals surface area (Å²) < 4.78 is 13.2. The maximum atomic E-state index is 13.2. The van der Waals surface area contributed by atoms with Gasteiger partial charge in [-0.15, -0.1) is 0 Å². The molecule has 1 aromatic carbocycles. The Hall–Kier alpha value is -1.49. The van der Waals surface area contributed by atoms with Gasteiger partial charge in [0.2, 0.25) is 5.82 Å². The maximum Gasteiger partial charge on any atom is 0.308 e. The molecule has 1 N–H and O–H groups in total. The molecule has 1 aliphatic rings.